The van der Waals surface area contributed by atoms with Crippen LogP contribution in [0.3, 0.4) is 0 Å². The fraction of sp³-hybridized carbons (Fsp3) is 0.316. The lowest BCUT2D eigenvalue weighted by Crippen LogP contribution is -2.40. The monoisotopic (exact) mass is 370 g/mol. The van der Waals surface area contributed by atoms with E-state index >= 15 is 0 Å². The number of hydrogen-bond acceptors (Lipinski definition) is 7. The van der Waals surface area contributed by atoms with E-state index in [1.807, 2.05) is 0 Å². The second-order valence-corrected chi connectivity index (χ2v) is 6.31. The lowest BCUT2D eigenvalue weighted by atomic mass is 9.97. The molecule has 0 N–H and O–H groups in total. The number of amides is 1. The number of hydrogen-bond donors (Lipinski definition) is 0. The highest BCUT2D eigenvalue weighted by Gasteiger charge is 2.29. The Labute approximate surface area is 154 Å². The van der Waals surface area contributed by atoms with Crippen LogP contribution < -0.4 is 0 Å². The zero-order chi connectivity index (χ0) is 18.6. The van der Waals surface area contributed by atoms with Gasteiger partial charge in [0, 0.05) is 19.2 Å². The van der Waals surface area contributed by atoms with Gasteiger partial charge in [-0.25, -0.2) is 0 Å². The molecule has 3 aromatic rings. The largest absolute Gasteiger partial charge is 0.461 e. The van der Waals surface area contributed by atoms with Crippen molar-refractivity contribution in [3.05, 3.63) is 54.3 Å². The normalized spacial score (nSPS) is 15.0. The number of likely N-dealkylation sites (tertiary alicyclic amines) is 1. The summed E-state index contributed by atoms with van der Waals surface area (Å²) in [5, 5.41) is 3.88. The van der Waals surface area contributed by atoms with E-state index in [0.29, 0.717) is 48.9 Å². The highest BCUT2D eigenvalue weighted by atomic mass is 16.5. The van der Waals surface area contributed by atoms with Gasteiger partial charge in [-0.15, -0.1) is 0 Å². The molecule has 140 valence electrons. The first-order valence-corrected chi connectivity index (χ1v) is 8.69. The molecule has 0 aliphatic carbocycles. The van der Waals surface area contributed by atoms with Crippen molar-refractivity contribution in [1.29, 1.82) is 0 Å². The number of esters is 1. The third-order valence-electron chi connectivity index (χ3n) is 4.53. The highest BCUT2D eigenvalue weighted by molar-refractivity contribution is 5.91. The third-order valence-corrected chi connectivity index (χ3v) is 4.53. The Kier molecular flexibility index (Phi) is 4.78. The summed E-state index contributed by atoms with van der Waals surface area (Å²) in [5.41, 5.74) is 0.514. The maximum atomic E-state index is 12.3. The van der Waals surface area contributed by atoms with Gasteiger partial charge in [0.15, 0.2) is 11.5 Å². The van der Waals surface area contributed by atoms with Crippen molar-refractivity contribution in [2.45, 2.75) is 19.4 Å². The van der Waals surface area contributed by atoms with Gasteiger partial charge in [-0.3, -0.25) is 9.59 Å². The predicted molar refractivity (Wildman–Crippen MR) is 91.3 cm³/mol. The van der Waals surface area contributed by atoms with Gasteiger partial charge in [0.2, 0.25) is 5.76 Å². The van der Waals surface area contributed by atoms with E-state index in [2.05, 4.69) is 5.16 Å². The van der Waals surface area contributed by atoms with Crippen LogP contribution in [0.15, 0.2) is 56.2 Å². The molecule has 0 atom stereocenters. The molecule has 0 spiro atoms. The van der Waals surface area contributed by atoms with Crippen LogP contribution in [0.25, 0.3) is 11.5 Å². The van der Waals surface area contributed by atoms with E-state index in [-0.39, 0.29) is 24.4 Å². The molecule has 1 saturated heterocycles. The number of furan rings is 2. The Hall–Kier alpha value is -3.29. The van der Waals surface area contributed by atoms with Crippen molar-refractivity contribution >= 4 is 11.9 Å². The van der Waals surface area contributed by atoms with Crippen molar-refractivity contribution in [2.24, 2.45) is 5.92 Å². The fourth-order valence-electron chi connectivity index (χ4n) is 3.05. The predicted octanol–water partition coefficient (Wildman–Crippen LogP) is 3.12. The molecule has 0 aromatic carbocycles. The van der Waals surface area contributed by atoms with Crippen LogP contribution in [0.4, 0.5) is 0 Å². The minimum Gasteiger partial charge on any atom is -0.461 e. The standard InChI is InChI=1S/C19H18N2O6/c22-18(16-4-2-10-25-16)21-7-5-13(6-8-21)19(23)26-12-14-11-17(27-20-14)15-3-1-9-24-15/h1-4,9-11,13H,5-8,12H2. The van der Waals surface area contributed by atoms with Gasteiger partial charge in [-0.1, -0.05) is 5.16 Å². The van der Waals surface area contributed by atoms with Gasteiger partial charge in [0.05, 0.1) is 18.4 Å². The number of piperidine rings is 1. The van der Waals surface area contributed by atoms with Crippen LogP contribution in [0, 0.1) is 5.92 Å². The number of ether oxygens (including phenoxy) is 1. The molecule has 0 saturated carbocycles. The molecule has 4 rings (SSSR count). The second kappa shape index (κ2) is 7.53. The molecule has 8 nitrogen and oxygen atoms in total. The summed E-state index contributed by atoms with van der Waals surface area (Å²) in [6.07, 6.45) is 4.13. The Bertz CT molecular complexity index is 889. The molecule has 0 bridgehead atoms. The number of carbonyl (C=O) groups excluding carboxylic acids is 2. The van der Waals surface area contributed by atoms with Gasteiger partial charge in [-0.2, -0.15) is 0 Å². The van der Waals surface area contributed by atoms with Gasteiger partial charge < -0.3 is 23.0 Å². The van der Waals surface area contributed by atoms with E-state index in [0.717, 1.165) is 0 Å². The fourth-order valence-corrected chi connectivity index (χ4v) is 3.05. The highest BCUT2D eigenvalue weighted by Crippen LogP contribution is 2.23. The maximum absolute atomic E-state index is 12.3. The molecule has 0 unspecified atom stereocenters. The van der Waals surface area contributed by atoms with Gasteiger partial charge in [0.1, 0.15) is 12.3 Å². The summed E-state index contributed by atoms with van der Waals surface area (Å²) in [5.74, 6) is 0.684. The molecule has 1 amide bonds. The summed E-state index contributed by atoms with van der Waals surface area (Å²) in [6, 6.07) is 8.50. The molecule has 1 fully saturated rings. The molecule has 4 heterocycles. The quantitative estimate of drug-likeness (QED) is 0.636. The van der Waals surface area contributed by atoms with Crippen molar-refractivity contribution < 1.29 is 27.7 Å². The van der Waals surface area contributed by atoms with E-state index in [4.69, 9.17) is 18.1 Å². The third kappa shape index (κ3) is 3.79. The number of nitrogens with zero attached hydrogens (tertiary/aromatic N) is 2. The van der Waals surface area contributed by atoms with Crippen LogP contribution in [-0.4, -0.2) is 35.0 Å². The number of carbonyl (C=O) groups is 2. The Morgan fingerprint density at radius 3 is 2.59 bits per heavy atom. The first-order valence-electron chi connectivity index (χ1n) is 8.69. The Morgan fingerprint density at radius 2 is 1.89 bits per heavy atom. The zero-order valence-corrected chi connectivity index (χ0v) is 14.5. The zero-order valence-electron chi connectivity index (χ0n) is 14.5. The van der Waals surface area contributed by atoms with E-state index in [1.165, 1.54) is 6.26 Å². The topological polar surface area (TPSA) is 98.9 Å². The number of aromatic nitrogens is 1. The van der Waals surface area contributed by atoms with E-state index in [9.17, 15) is 9.59 Å². The van der Waals surface area contributed by atoms with Crippen LogP contribution >= 0.6 is 0 Å². The van der Waals surface area contributed by atoms with Crippen LogP contribution in [-0.2, 0) is 16.1 Å². The van der Waals surface area contributed by atoms with E-state index in [1.54, 1.807) is 41.5 Å². The van der Waals surface area contributed by atoms with Gasteiger partial charge in [-0.05, 0) is 37.1 Å². The van der Waals surface area contributed by atoms with Gasteiger partial charge in [0.25, 0.3) is 5.91 Å². The molecule has 27 heavy (non-hydrogen) atoms. The SMILES string of the molecule is O=C(OCc1cc(-c2ccco2)on1)C1CCN(C(=O)c2ccco2)CC1. The minimum absolute atomic E-state index is 0.0363. The summed E-state index contributed by atoms with van der Waals surface area (Å²) in [7, 11) is 0. The smallest absolute Gasteiger partial charge is 0.309 e. The number of rotatable bonds is 5. The Balaban J connectivity index is 1.26. The first-order chi connectivity index (χ1) is 13.2. The summed E-state index contributed by atoms with van der Waals surface area (Å²) in [4.78, 5) is 26.2. The van der Waals surface area contributed by atoms with Crippen LogP contribution in [0.2, 0.25) is 0 Å². The maximum Gasteiger partial charge on any atom is 0.309 e. The molecule has 8 heteroatoms. The first kappa shape index (κ1) is 17.1. The lowest BCUT2D eigenvalue weighted by molar-refractivity contribution is -0.151. The average molecular weight is 370 g/mol. The molecule has 0 radical (unpaired) electrons. The molecular formula is C19H18N2O6. The lowest BCUT2D eigenvalue weighted by Gasteiger charge is -2.30. The summed E-state index contributed by atoms with van der Waals surface area (Å²) in [6.45, 7) is 1.02. The second-order valence-electron chi connectivity index (χ2n) is 6.31. The molecular weight excluding hydrogens is 352 g/mol. The molecule has 3 aromatic heterocycles. The average Bonchev–Trinajstić information content (AvgIpc) is 3.47. The van der Waals surface area contributed by atoms with Crippen LogP contribution in [0.5, 0.6) is 0 Å². The summed E-state index contributed by atoms with van der Waals surface area (Å²) < 4.78 is 20.9. The van der Waals surface area contributed by atoms with Crippen molar-refractivity contribution in [1.82, 2.24) is 10.1 Å². The molecule has 1 aliphatic rings. The van der Waals surface area contributed by atoms with E-state index < -0.39 is 0 Å². The van der Waals surface area contributed by atoms with Gasteiger partial charge >= 0.3 is 5.97 Å². The molecule has 1 aliphatic heterocycles. The Morgan fingerprint density at radius 1 is 1.11 bits per heavy atom. The van der Waals surface area contributed by atoms with Crippen LogP contribution in [0.1, 0.15) is 29.1 Å². The minimum atomic E-state index is -0.289. The van der Waals surface area contributed by atoms with Crippen molar-refractivity contribution in [3.63, 3.8) is 0 Å². The van der Waals surface area contributed by atoms with Crippen molar-refractivity contribution in [3.8, 4) is 11.5 Å². The summed E-state index contributed by atoms with van der Waals surface area (Å²) >= 11 is 0. The van der Waals surface area contributed by atoms with Crippen molar-refractivity contribution in [2.75, 3.05) is 13.1 Å².